The van der Waals surface area contributed by atoms with Crippen molar-refractivity contribution >= 4 is 45.1 Å². The van der Waals surface area contributed by atoms with Gasteiger partial charge in [0.05, 0.1) is 12.7 Å². The minimum absolute atomic E-state index is 0.253. The van der Waals surface area contributed by atoms with E-state index in [0.717, 1.165) is 21.9 Å². The molecule has 1 heterocycles. The summed E-state index contributed by atoms with van der Waals surface area (Å²) in [5, 5.41) is 5.58. The normalized spacial score (nSPS) is 11.1. The average Bonchev–Trinajstić information content (AvgIpc) is 3.22. The molecule has 1 aromatic heterocycles. The smallest absolute Gasteiger partial charge is 0.259 e. The molecule has 0 radical (unpaired) electrons. The molecule has 0 atom stereocenters. The van der Waals surface area contributed by atoms with Gasteiger partial charge < -0.3 is 14.5 Å². The summed E-state index contributed by atoms with van der Waals surface area (Å²) in [6, 6.07) is 22.6. The zero-order valence-electron chi connectivity index (χ0n) is 17.5. The molecule has 0 aliphatic carbocycles. The number of aromatic nitrogens is 1. The third kappa shape index (κ3) is 3.67. The molecule has 0 saturated carbocycles. The van der Waals surface area contributed by atoms with Crippen molar-refractivity contribution in [3.8, 4) is 17.2 Å². The van der Waals surface area contributed by atoms with Gasteiger partial charge in [-0.2, -0.15) is 0 Å². The van der Waals surface area contributed by atoms with Gasteiger partial charge in [-0.1, -0.05) is 41.9 Å². The predicted octanol–water partition coefficient (Wildman–Crippen LogP) is 6.87. The van der Waals surface area contributed by atoms with E-state index < -0.39 is 0 Å². The number of anilines is 1. The topological polar surface area (TPSA) is 64.4 Å². The van der Waals surface area contributed by atoms with Crippen molar-refractivity contribution < 1.29 is 13.9 Å². The predicted molar refractivity (Wildman–Crippen MR) is 128 cm³/mol. The number of rotatable bonds is 4. The second kappa shape index (κ2) is 8.02. The summed E-state index contributed by atoms with van der Waals surface area (Å²) >= 11 is 6.06. The van der Waals surface area contributed by atoms with Gasteiger partial charge in [0, 0.05) is 16.3 Å². The van der Waals surface area contributed by atoms with Crippen molar-refractivity contribution in [2.45, 2.75) is 6.92 Å². The van der Waals surface area contributed by atoms with Gasteiger partial charge in [0.25, 0.3) is 5.91 Å². The van der Waals surface area contributed by atoms with Crippen LogP contribution in [0.15, 0.2) is 77.2 Å². The summed E-state index contributed by atoms with van der Waals surface area (Å²) in [5.41, 5.74) is 4.14. The largest absolute Gasteiger partial charge is 0.496 e. The Morgan fingerprint density at radius 3 is 2.56 bits per heavy atom. The highest BCUT2D eigenvalue weighted by molar-refractivity contribution is 6.31. The molecule has 0 aliphatic rings. The first kappa shape index (κ1) is 20.1. The van der Waals surface area contributed by atoms with E-state index in [2.05, 4.69) is 10.3 Å². The van der Waals surface area contributed by atoms with Gasteiger partial charge in [0.1, 0.15) is 11.3 Å². The van der Waals surface area contributed by atoms with E-state index in [1.54, 1.807) is 25.3 Å². The van der Waals surface area contributed by atoms with Crippen LogP contribution in [0.3, 0.4) is 0 Å². The second-order valence-corrected chi connectivity index (χ2v) is 7.95. The van der Waals surface area contributed by atoms with Crippen molar-refractivity contribution in [2.75, 3.05) is 12.4 Å². The lowest BCUT2D eigenvalue weighted by Crippen LogP contribution is -2.14. The summed E-state index contributed by atoms with van der Waals surface area (Å²) in [6.07, 6.45) is 0. The minimum Gasteiger partial charge on any atom is -0.496 e. The van der Waals surface area contributed by atoms with Gasteiger partial charge in [0.15, 0.2) is 5.58 Å². The third-order valence-electron chi connectivity index (χ3n) is 5.39. The maximum Gasteiger partial charge on any atom is 0.259 e. The number of nitrogens with zero attached hydrogens (tertiary/aromatic N) is 1. The fourth-order valence-corrected chi connectivity index (χ4v) is 3.84. The summed E-state index contributed by atoms with van der Waals surface area (Å²) in [5.74, 6) is 0.726. The Bertz CT molecular complexity index is 1490. The van der Waals surface area contributed by atoms with Gasteiger partial charge in [0.2, 0.25) is 5.89 Å². The Morgan fingerprint density at radius 1 is 1.00 bits per heavy atom. The molecule has 6 heteroatoms. The molecule has 0 aliphatic heterocycles. The van der Waals surface area contributed by atoms with Crippen LogP contribution in [0.5, 0.6) is 5.75 Å². The number of halogens is 1. The Balaban J connectivity index is 1.50. The number of ether oxygens (including phenoxy) is 1. The molecule has 1 N–H and O–H groups in total. The van der Waals surface area contributed by atoms with Crippen LogP contribution in [0.4, 0.5) is 5.69 Å². The van der Waals surface area contributed by atoms with Crippen molar-refractivity contribution in [1.82, 2.24) is 4.98 Å². The first-order chi connectivity index (χ1) is 15.5. The Hall–Kier alpha value is -3.83. The van der Waals surface area contributed by atoms with Gasteiger partial charge >= 0.3 is 0 Å². The van der Waals surface area contributed by atoms with Crippen LogP contribution in [-0.2, 0) is 0 Å². The number of nitrogens with one attached hydrogen (secondary N) is 1. The molecule has 5 rings (SSSR count). The molecule has 4 aromatic carbocycles. The quantitative estimate of drug-likeness (QED) is 0.330. The van der Waals surface area contributed by atoms with Crippen LogP contribution in [0.25, 0.3) is 33.3 Å². The highest BCUT2D eigenvalue weighted by Crippen LogP contribution is 2.31. The lowest BCUT2D eigenvalue weighted by Gasteiger charge is -2.13. The first-order valence-electron chi connectivity index (χ1n) is 10.1. The number of hydrogen-bond donors (Lipinski definition) is 1. The van der Waals surface area contributed by atoms with E-state index in [0.29, 0.717) is 39.0 Å². The van der Waals surface area contributed by atoms with Crippen molar-refractivity contribution in [3.63, 3.8) is 0 Å². The van der Waals surface area contributed by atoms with Crippen LogP contribution in [0.1, 0.15) is 15.9 Å². The molecule has 158 valence electrons. The summed E-state index contributed by atoms with van der Waals surface area (Å²) in [6.45, 7) is 1.93. The maximum atomic E-state index is 13.2. The fraction of sp³-hybridized carbons (Fsp3) is 0.0769. The Labute approximate surface area is 189 Å². The van der Waals surface area contributed by atoms with E-state index in [4.69, 9.17) is 20.8 Å². The fourth-order valence-electron chi connectivity index (χ4n) is 3.67. The summed E-state index contributed by atoms with van der Waals surface area (Å²) in [4.78, 5) is 17.7. The molecular formula is C26H19ClN2O3. The van der Waals surface area contributed by atoms with Crippen molar-refractivity contribution in [2.24, 2.45) is 0 Å². The molecule has 0 fully saturated rings. The average molecular weight is 443 g/mol. The van der Waals surface area contributed by atoms with Gasteiger partial charge in [-0.05, 0) is 65.7 Å². The number of oxazole rings is 1. The second-order valence-electron chi connectivity index (χ2n) is 7.51. The van der Waals surface area contributed by atoms with Crippen LogP contribution < -0.4 is 10.1 Å². The van der Waals surface area contributed by atoms with Gasteiger partial charge in [-0.3, -0.25) is 4.79 Å². The monoisotopic (exact) mass is 442 g/mol. The van der Waals surface area contributed by atoms with Gasteiger partial charge in [-0.15, -0.1) is 0 Å². The van der Waals surface area contributed by atoms with Gasteiger partial charge in [-0.25, -0.2) is 4.98 Å². The SMILES string of the molecule is COc1cc2ccccc2cc1C(=O)Nc1cc(-c2nc3cc(Cl)ccc3o2)ccc1C. The molecule has 1 amide bonds. The molecule has 5 aromatic rings. The number of carbonyl (C=O) groups excluding carboxylic acids is 1. The zero-order chi connectivity index (χ0) is 22.2. The van der Waals surface area contributed by atoms with Crippen molar-refractivity contribution in [3.05, 3.63) is 88.9 Å². The van der Waals surface area contributed by atoms with E-state index in [1.165, 1.54) is 0 Å². The number of amides is 1. The highest BCUT2D eigenvalue weighted by Gasteiger charge is 2.16. The van der Waals surface area contributed by atoms with Crippen LogP contribution in [0, 0.1) is 6.92 Å². The molecule has 0 spiro atoms. The lowest BCUT2D eigenvalue weighted by molar-refractivity contribution is 0.102. The number of benzene rings is 4. The molecule has 32 heavy (non-hydrogen) atoms. The Morgan fingerprint density at radius 2 is 1.78 bits per heavy atom. The lowest BCUT2D eigenvalue weighted by atomic mass is 10.0. The summed E-state index contributed by atoms with van der Waals surface area (Å²) < 4.78 is 11.4. The first-order valence-corrected chi connectivity index (χ1v) is 10.4. The Kier molecular flexibility index (Phi) is 5.04. The number of fused-ring (bicyclic) bond motifs is 2. The number of methoxy groups -OCH3 is 1. The van der Waals surface area contributed by atoms with Crippen LogP contribution in [-0.4, -0.2) is 18.0 Å². The number of aryl methyl sites for hydroxylation is 1. The molecule has 0 saturated heterocycles. The third-order valence-corrected chi connectivity index (χ3v) is 5.63. The highest BCUT2D eigenvalue weighted by atomic mass is 35.5. The summed E-state index contributed by atoms with van der Waals surface area (Å²) in [7, 11) is 1.56. The number of hydrogen-bond acceptors (Lipinski definition) is 4. The minimum atomic E-state index is -0.253. The maximum absolute atomic E-state index is 13.2. The van der Waals surface area contributed by atoms with E-state index in [-0.39, 0.29) is 5.91 Å². The molecule has 0 bridgehead atoms. The van der Waals surface area contributed by atoms with Crippen molar-refractivity contribution in [1.29, 1.82) is 0 Å². The van der Waals surface area contributed by atoms with E-state index in [9.17, 15) is 4.79 Å². The standard InChI is InChI=1S/C26H19ClN2O3/c1-15-7-8-18(26-29-22-14-19(27)9-10-23(22)32-26)12-21(15)28-25(30)20-11-16-5-3-4-6-17(16)13-24(20)31-2/h3-14H,1-2H3,(H,28,30). The van der Waals surface area contributed by atoms with Crippen LogP contribution in [0.2, 0.25) is 5.02 Å². The zero-order valence-corrected chi connectivity index (χ0v) is 18.2. The number of carbonyl (C=O) groups is 1. The molecular weight excluding hydrogens is 424 g/mol. The molecule has 5 nitrogen and oxygen atoms in total. The molecule has 0 unspecified atom stereocenters. The van der Waals surface area contributed by atoms with Crippen LogP contribution >= 0.6 is 11.6 Å². The van der Waals surface area contributed by atoms with E-state index >= 15 is 0 Å². The van der Waals surface area contributed by atoms with E-state index in [1.807, 2.05) is 61.5 Å².